The standard InChI is InChI=1S/C10H9ClFN3O/c1-5(2)8-10(14-16)15-4-6(12)3-7(11)9(15)13-8/h3-5H,1-2H3. The summed E-state index contributed by atoms with van der Waals surface area (Å²) in [6.45, 7) is 3.75. The van der Waals surface area contributed by atoms with Gasteiger partial charge in [0.05, 0.1) is 10.7 Å². The first-order valence-electron chi connectivity index (χ1n) is 4.75. The number of halogens is 2. The Labute approximate surface area is 96.0 Å². The molecule has 0 aliphatic heterocycles. The molecular weight excluding hydrogens is 233 g/mol. The Morgan fingerprint density at radius 2 is 2.25 bits per heavy atom. The molecule has 2 aromatic heterocycles. The molecule has 0 aliphatic carbocycles. The van der Waals surface area contributed by atoms with Gasteiger partial charge in [-0.05, 0) is 17.2 Å². The number of rotatable bonds is 2. The molecule has 0 fully saturated rings. The van der Waals surface area contributed by atoms with Gasteiger partial charge in [0, 0.05) is 6.20 Å². The third-order valence-corrected chi connectivity index (χ3v) is 2.55. The van der Waals surface area contributed by atoms with Crippen molar-refractivity contribution >= 4 is 23.1 Å². The molecular formula is C10H9ClFN3O. The number of nitrogens with zero attached hydrogens (tertiary/aromatic N) is 3. The topological polar surface area (TPSA) is 46.7 Å². The Morgan fingerprint density at radius 3 is 2.81 bits per heavy atom. The van der Waals surface area contributed by atoms with Gasteiger partial charge in [-0.3, -0.25) is 4.40 Å². The lowest BCUT2D eigenvalue weighted by Gasteiger charge is -1.99. The smallest absolute Gasteiger partial charge is 0.205 e. The summed E-state index contributed by atoms with van der Waals surface area (Å²) >= 11 is 5.84. The average Bonchev–Trinajstić information content (AvgIpc) is 2.56. The highest BCUT2D eigenvalue weighted by molar-refractivity contribution is 6.33. The molecule has 0 spiro atoms. The van der Waals surface area contributed by atoms with Crippen molar-refractivity contribution in [3.63, 3.8) is 0 Å². The van der Waals surface area contributed by atoms with E-state index in [4.69, 9.17) is 11.6 Å². The van der Waals surface area contributed by atoms with Crippen molar-refractivity contribution in [1.29, 1.82) is 0 Å². The van der Waals surface area contributed by atoms with Crippen molar-refractivity contribution in [2.75, 3.05) is 0 Å². The predicted octanol–water partition coefficient (Wildman–Crippen LogP) is 3.65. The minimum absolute atomic E-state index is 0.0201. The minimum Gasteiger partial charge on any atom is -0.277 e. The molecule has 4 nitrogen and oxygen atoms in total. The van der Waals surface area contributed by atoms with Gasteiger partial charge in [0.2, 0.25) is 5.82 Å². The third-order valence-electron chi connectivity index (χ3n) is 2.28. The van der Waals surface area contributed by atoms with Gasteiger partial charge in [0.25, 0.3) is 0 Å². The van der Waals surface area contributed by atoms with Crippen molar-refractivity contribution < 1.29 is 4.39 Å². The molecule has 0 saturated carbocycles. The average molecular weight is 242 g/mol. The molecule has 0 aromatic carbocycles. The highest BCUT2D eigenvalue weighted by atomic mass is 35.5. The van der Waals surface area contributed by atoms with Crippen LogP contribution in [0.4, 0.5) is 10.2 Å². The molecule has 0 saturated heterocycles. The molecule has 0 bridgehead atoms. The van der Waals surface area contributed by atoms with Gasteiger partial charge in [-0.15, -0.1) is 4.91 Å². The second-order valence-corrected chi connectivity index (χ2v) is 4.17. The van der Waals surface area contributed by atoms with E-state index in [9.17, 15) is 9.30 Å². The van der Waals surface area contributed by atoms with Gasteiger partial charge in [0.1, 0.15) is 5.82 Å². The minimum atomic E-state index is -0.532. The van der Waals surface area contributed by atoms with Crippen LogP contribution in [0.15, 0.2) is 17.4 Å². The quantitative estimate of drug-likeness (QED) is 0.754. The lowest BCUT2D eigenvalue weighted by atomic mass is 10.1. The first-order valence-corrected chi connectivity index (χ1v) is 5.12. The van der Waals surface area contributed by atoms with Crippen LogP contribution in [0.1, 0.15) is 25.5 Å². The number of hydrogen-bond donors (Lipinski definition) is 0. The Morgan fingerprint density at radius 1 is 1.56 bits per heavy atom. The van der Waals surface area contributed by atoms with E-state index in [0.29, 0.717) is 11.3 Å². The third kappa shape index (κ3) is 1.57. The lowest BCUT2D eigenvalue weighted by Crippen LogP contribution is -1.88. The fourth-order valence-corrected chi connectivity index (χ4v) is 1.79. The molecule has 16 heavy (non-hydrogen) atoms. The summed E-state index contributed by atoms with van der Waals surface area (Å²) < 4.78 is 14.4. The van der Waals surface area contributed by atoms with Gasteiger partial charge >= 0.3 is 0 Å². The van der Waals surface area contributed by atoms with Crippen molar-refractivity contribution in [2.45, 2.75) is 19.8 Å². The molecule has 0 unspecified atom stereocenters. The second kappa shape index (κ2) is 3.83. The van der Waals surface area contributed by atoms with Crippen LogP contribution in [0, 0.1) is 10.7 Å². The van der Waals surface area contributed by atoms with Crippen LogP contribution in [0.5, 0.6) is 0 Å². The van der Waals surface area contributed by atoms with Gasteiger partial charge in [0.15, 0.2) is 5.65 Å². The highest BCUT2D eigenvalue weighted by Crippen LogP contribution is 2.30. The molecule has 0 amide bonds. The largest absolute Gasteiger partial charge is 0.277 e. The van der Waals surface area contributed by atoms with E-state index in [1.807, 2.05) is 13.8 Å². The summed E-state index contributed by atoms with van der Waals surface area (Å²) in [7, 11) is 0. The SMILES string of the molecule is CC(C)c1nc2c(Cl)cc(F)cn2c1N=O. The number of aromatic nitrogens is 2. The Bertz CT molecular complexity index is 565. The van der Waals surface area contributed by atoms with Gasteiger partial charge in [-0.1, -0.05) is 25.4 Å². The van der Waals surface area contributed by atoms with E-state index >= 15 is 0 Å². The molecule has 84 valence electrons. The maximum Gasteiger partial charge on any atom is 0.205 e. The summed E-state index contributed by atoms with van der Waals surface area (Å²) in [6, 6.07) is 1.16. The number of nitroso groups, excluding NO2 is 1. The Balaban J connectivity index is 2.87. The van der Waals surface area contributed by atoms with Crippen LogP contribution in [0.3, 0.4) is 0 Å². The number of pyridine rings is 1. The van der Waals surface area contributed by atoms with Crippen LogP contribution in [-0.4, -0.2) is 9.38 Å². The van der Waals surface area contributed by atoms with Crippen LogP contribution >= 0.6 is 11.6 Å². The summed E-state index contributed by atoms with van der Waals surface area (Å²) in [6.07, 6.45) is 1.15. The zero-order valence-corrected chi connectivity index (χ0v) is 9.49. The molecule has 0 atom stereocenters. The first-order chi connectivity index (χ1) is 7.54. The van der Waals surface area contributed by atoms with Gasteiger partial charge < -0.3 is 0 Å². The summed E-state index contributed by atoms with van der Waals surface area (Å²) in [5, 5.41) is 3.05. The summed E-state index contributed by atoms with van der Waals surface area (Å²) in [4.78, 5) is 14.9. The van der Waals surface area contributed by atoms with Crippen molar-refractivity contribution in [3.05, 3.63) is 33.7 Å². The van der Waals surface area contributed by atoms with E-state index in [0.717, 1.165) is 12.3 Å². The molecule has 2 rings (SSSR count). The number of hydrogen-bond acceptors (Lipinski definition) is 3. The molecule has 0 N–H and O–H groups in total. The van der Waals surface area contributed by atoms with E-state index < -0.39 is 5.82 Å². The van der Waals surface area contributed by atoms with Crippen LogP contribution in [0.25, 0.3) is 5.65 Å². The molecule has 0 aliphatic rings. The van der Waals surface area contributed by atoms with Crippen LogP contribution in [0.2, 0.25) is 5.02 Å². The van der Waals surface area contributed by atoms with Gasteiger partial charge in [-0.2, -0.15) is 0 Å². The molecule has 0 radical (unpaired) electrons. The summed E-state index contributed by atoms with van der Waals surface area (Å²) in [5.41, 5.74) is 0.865. The maximum atomic E-state index is 13.1. The number of fused-ring (bicyclic) bond motifs is 1. The maximum absolute atomic E-state index is 13.1. The first kappa shape index (κ1) is 11.0. The normalized spacial score (nSPS) is 11.3. The molecule has 2 heterocycles. The Hall–Kier alpha value is -1.49. The zero-order chi connectivity index (χ0) is 11.9. The van der Waals surface area contributed by atoms with Crippen molar-refractivity contribution in [2.24, 2.45) is 5.18 Å². The highest BCUT2D eigenvalue weighted by Gasteiger charge is 2.18. The van der Waals surface area contributed by atoms with E-state index in [2.05, 4.69) is 10.2 Å². The number of imidazole rings is 1. The predicted molar refractivity (Wildman–Crippen MR) is 59.7 cm³/mol. The van der Waals surface area contributed by atoms with E-state index in [-0.39, 0.29) is 16.8 Å². The van der Waals surface area contributed by atoms with E-state index in [1.54, 1.807) is 0 Å². The van der Waals surface area contributed by atoms with Crippen molar-refractivity contribution in [3.8, 4) is 0 Å². The second-order valence-electron chi connectivity index (χ2n) is 3.77. The van der Waals surface area contributed by atoms with Crippen molar-refractivity contribution in [1.82, 2.24) is 9.38 Å². The zero-order valence-electron chi connectivity index (χ0n) is 8.74. The Kier molecular flexibility index (Phi) is 2.63. The van der Waals surface area contributed by atoms with Gasteiger partial charge in [-0.25, -0.2) is 9.37 Å². The fraction of sp³-hybridized carbons (Fsp3) is 0.300. The molecule has 2 aromatic rings. The lowest BCUT2D eigenvalue weighted by molar-refractivity contribution is 0.619. The summed E-state index contributed by atoms with van der Waals surface area (Å²) in [5.74, 6) is -0.409. The monoisotopic (exact) mass is 241 g/mol. The van der Waals surface area contributed by atoms with Crippen LogP contribution < -0.4 is 0 Å². The fourth-order valence-electron chi connectivity index (χ4n) is 1.56. The molecule has 6 heteroatoms. The van der Waals surface area contributed by atoms with Crippen LogP contribution in [-0.2, 0) is 0 Å². The van der Waals surface area contributed by atoms with E-state index in [1.165, 1.54) is 4.40 Å².